The van der Waals surface area contributed by atoms with Crippen molar-refractivity contribution in [3.8, 4) is 0 Å². The Morgan fingerprint density at radius 3 is 2.59 bits per heavy atom. The van der Waals surface area contributed by atoms with E-state index in [9.17, 15) is 9.59 Å². The van der Waals surface area contributed by atoms with Gasteiger partial charge < -0.3 is 15.5 Å². The van der Waals surface area contributed by atoms with Gasteiger partial charge in [0.1, 0.15) is 6.04 Å². The highest BCUT2D eigenvalue weighted by atomic mass is 16.2. The summed E-state index contributed by atoms with van der Waals surface area (Å²) in [5.74, 6) is 0.465. The molecule has 5 heteroatoms. The number of amides is 2. The highest BCUT2D eigenvalue weighted by Gasteiger charge is 2.38. The molecule has 0 spiro atoms. The molecule has 0 radical (unpaired) electrons. The number of carbonyl (C=O) groups is 2. The monoisotopic (exact) mass is 301 g/mol. The van der Waals surface area contributed by atoms with Crippen molar-refractivity contribution in [2.24, 2.45) is 11.7 Å². The number of nitrogens with zero attached hydrogens (tertiary/aromatic N) is 2. The summed E-state index contributed by atoms with van der Waals surface area (Å²) in [6.07, 6.45) is 2.63. The van der Waals surface area contributed by atoms with Crippen LogP contribution in [0.25, 0.3) is 0 Å². The zero-order valence-corrected chi connectivity index (χ0v) is 12.8. The van der Waals surface area contributed by atoms with Crippen LogP contribution in [-0.4, -0.2) is 53.8 Å². The number of hydrogen-bond acceptors (Lipinski definition) is 3. The summed E-state index contributed by atoms with van der Waals surface area (Å²) in [6.45, 7) is 2.79. The highest BCUT2D eigenvalue weighted by Crippen LogP contribution is 2.24. The van der Waals surface area contributed by atoms with Gasteiger partial charge in [-0.3, -0.25) is 9.59 Å². The maximum Gasteiger partial charge on any atom is 0.254 e. The molecule has 1 aromatic carbocycles. The summed E-state index contributed by atoms with van der Waals surface area (Å²) >= 11 is 0. The van der Waals surface area contributed by atoms with Crippen LogP contribution in [0.1, 0.15) is 29.6 Å². The van der Waals surface area contributed by atoms with Crippen LogP contribution in [0.2, 0.25) is 0 Å². The molecule has 2 aliphatic rings. The second kappa shape index (κ2) is 6.48. The van der Waals surface area contributed by atoms with Gasteiger partial charge in [0.2, 0.25) is 5.91 Å². The number of carbonyl (C=O) groups excluding carboxylic acids is 2. The molecule has 0 saturated carbocycles. The standard InChI is InChI=1S/C17H23N3O2/c18-11-13-8-10-19(12-13)17(22)15-7-4-9-20(15)16(21)14-5-2-1-3-6-14/h1-3,5-6,13,15H,4,7-12,18H2. The van der Waals surface area contributed by atoms with Crippen LogP contribution >= 0.6 is 0 Å². The van der Waals surface area contributed by atoms with Gasteiger partial charge >= 0.3 is 0 Å². The molecule has 2 atom stereocenters. The van der Waals surface area contributed by atoms with E-state index in [2.05, 4.69) is 0 Å². The van der Waals surface area contributed by atoms with Gasteiger partial charge in [-0.1, -0.05) is 18.2 Å². The first-order chi connectivity index (χ1) is 10.7. The van der Waals surface area contributed by atoms with Crippen molar-refractivity contribution in [3.63, 3.8) is 0 Å². The molecular weight excluding hydrogens is 278 g/mol. The summed E-state index contributed by atoms with van der Waals surface area (Å²) in [6, 6.07) is 8.91. The fourth-order valence-electron chi connectivity index (χ4n) is 3.45. The first-order valence-electron chi connectivity index (χ1n) is 8.05. The Balaban J connectivity index is 1.71. The van der Waals surface area contributed by atoms with Crippen molar-refractivity contribution in [2.75, 3.05) is 26.2 Å². The molecule has 118 valence electrons. The van der Waals surface area contributed by atoms with E-state index in [4.69, 9.17) is 5.73 Å². The lowest BCUT2D eigenvalue weighted by atomic mass is 10.1. The minimum atomic E-state index is -0.302. The van der Waals surface area contributed by atoms with Crippen LogP contribution < -0.4 is 5.73 Å². The first kappa shape index (κ1) is 15.0. The molecule has 0 bridgehead atoms. The van der Waals surface area contributed by atoms with Gasteiger partial charge in [-0.05, 0) is 43.9 Å². The molecule has 2 heterocycles. The number of nitrogens with two attached hydrogens (primary N) is 1. The Kier molecular flexibility index (Phi) is 4.43. The van der Waals surface area contributed by atoms with Gasteiger partial charge in [0, 0.05) is 25.2 Å². The van der Waals surface area contributed by atoms with E-state index >= 15 is 0 Å². The SMILES string of the molecule is NCC1CCN(C(=O)C2CCCN2C(=O)c2ccccc2)C1. The molecule has 2 N–H and O–H groups in total. The summed E-state index contributed by atoms with van der Waals surface area (Å²) in [5, 5.41) is 0. The summed E-state index contributed by atoms with van der Waals surface area (Å²) in [7, 11) is 0. The molecule has 2 fully saturated rings. The summed E-state index contributed by atoms with van der Waals surface area (Å²) < 4.78 is 0. The smallest absolute Gasteiger partial charge is 0.254 e. The first-order valence-corrected chi connectivity index (χ1v) is 8.05. The third-order valence-electron chi connectivity index (χ3n) is 4.75. The molecular formula is C17H23N3O2. The second-order valence-corrected chi connectivity index (χ2v) is 6.20. The molecule has 2 unspecified atom stereocenters. The number of benzene rings is 1. The predicted octanol–water partition coefficient (Wildman–Crippen LogP) is 1.10. The Hall–Kier alpha value is -1.88. The van der Waals surface area contributed by atoms with E-state index in [-0.39, 0.29) is 17.9 Å². The topological polar surface area (TPSA) is 66.6 Å². The number of hydrogen-bond donors (Lipinski definition) is 1. The zero-order chi connectivity index (χ0) is 15.5. The van der Waals surface area contributed by atoms with Crippen molar-refractivity contribution < 1.29 is 9.59 Å². The van der Waals surface area contributed by atoms with E-state index in [1.54, 1.807) is 4.90 Å². The number of likely N-dealkylation sites (tertiary alicyclic amines) is 2. The van der Waals surface area contributed by atoms with E-state index in [0.29, 0.717) is 24.6 Å². The van der Waals surface area contributed by atoms with E-state index in [0.717, 1.165) is 32.4 Å². The largest absolute Gasteiger partial charge is 0.341 e. The Morgan fingerprint density at radius 2 is 1.91 bits per heavy atom. The zero-order valence-electron chi connectivity index (χ0n) is 12.8. The van der Waals surface area contributed by atoms with Crippen molar-refractivity contribution >= 4 is 11.8 Å². The normalized spacial score (nSPS) is 24.8. The van der Waals surface area contributed by atoms with Crippen molar-refractivity contribution in [2.45, 2.75) is 25.3 Å². The van der Waals surface area contributed by atoms with Gasteiger partial charge in [0.05, 0.1) is 0 Å². The molecule has 2 aliphatic heterocycles. The third kappa shape index (κ3) is 2.86. The van der Waals surface area contributed by atoms with Gasteiger partial charge in [-0.2, -0.15) is 0 Å². The average molecular weight is 301 g/mol. The molecule has 2 saturated heterocycles. The van der Waals surface area contributed by atoms with Crippen LogP contribution in [0, 0.1) is 5.92 Å². The maximum atomic E-state index is 12.7. The summed E-state index contributed by atoms with van der Waals surface area (Å²) in [5.41, 5.74) is 6.35. The van der Waals surface area contributed by atoms with Gasteiger partial charge in [-0.15, -0.1) is 0 Å². The van der Waals surface area contributed by atoms with Crippen LogP contribution in [0.15, 0.2) is 30.3 Å². The van der Waals surface area contributed by atoms with Crippen LogP contribution in [0.3, 0.4) is 0 Å². The quantitative estimate of drug-likeness (QED) is 0.909. The van der Waals surface area contributed by atoms with Crippen molar-refractivity contribution in [3.05, 3.63) is 35.9 Å². The molecule has 0 aromatic heterocycles. The molecule has 1 aromatic rings. The third-order valence-corrected chi connectivity index (χ3v) is 4.75. The molecule has 22 heavy (non-hydrogen) atoms. The molecule has 0 aliphatic carbocycles. The highest BCUT2D eigenvalue weighted by molar-refractivity contribution is 5.98. The van der Waals surface area contributed by atoms with Gasteiger partial charge in [-0.25, -0.2) is 0 Å². The molecule has 2 amide bonds. The Morgan fingerprint density at radius 1 is 1.14 bits per heavy atom. The lowest BCUT2D eigenvalue weighted by Crippen LogP contribution is -2.47. The van der Waals surface area contributed by atoms with Crippen molar-refractivity contribution in [1.82, 2.24) is 9.80 Å². The van der Waals surface area contributed by atoms with Crippen LogP contribution in [-0.2, 0) is 4.79 Å². The fraction of sp³-hybridized carbons (Fsp3) is 0.529. The maximum absolute atomic E-state index is 12.7. The fourth-order valence-corrected chi connectivity index (χ4v) is 3.45. The lowest BCUT2D eigenvalue weighted by molar-refractivity contribution is -0.134. The molecule has 3 rings (SSSR count). The van der Waals surface area contributed by atoms with Crippen LogP contribution in [0.4, 0.5) is 0 Å². The molecule has 5 nitrogen and oxygen atoms in total. The predicted molar refractivity (Wildman–Crippen MR) is 84.2 cm³/mol. The Bertz CT molecular complexity index is 546. The second-order valence-electron chi connectivity index (χ2n) is 6.20. The minimum absolute atomic E-state index is 0.0361. The van der Waals surface area contributed by atoms with Gasteiger partial charge in [0.25, 0.3) is 5.91 Å². The number of rotatable bonds is 3. The Labute approximate surface area is 131 Å². The van der Waals surface area contributed by atoms with E-state index < -0.39 is 0 Å². The average Bonchev–Trinajstić information content (AvgIpc) is 3.23. The lowest BCUT2D eigenvalue weighted by Gasteiger charge is -2.28. The van der Waals surface area contributed by atoms with Crippen LogP contribution in [0.5, 0.6) is 0 Å². The van der Waals surface area contributed by atoms with Crippen molar-refractivity contribution in [1.29, 1.82) is 0 Å². The minimum Gasteiger partial charge on any atom is -0.341 e. The van der Waals surface area contributed by atoms with Gasteiger partial charge in [0.15, 0.2) is 0 Å². The van der Waals surface area contributed by atoms with E-state index in [1.165, 1.54) is 0 Å². The summed E-state index contributed by atoms with van der Waals surface area (Å²) in [4.78, 5) is 29.0. The van der Waals surface area contributed by atoms with E-state index in [1.807, 2.05) is 35.2 Å².